The van der Waals surface area contributed by atoms with Crippen LogP contribution in [0.5, 0.6) is 0 Å². The fraction of sp³-hybridized carbons (Fsp3) is 0.538. The Hall–Kier alpha value is -1.34. The summed E-state index contributed by atoms with van der Waals surface area (Å²) in [4.78, 5) is 2.05. The molecule has 0 amide bonds. The summed E-state index contributed by atoms with van der Waals surface area (Å²) in [6.45, 7) is 1.85. The van der Waals surface area contributed by atoms with Crippen molar-refractivity contribution in [2.24, 2.45) is 0 Å². The van der Waals surface area contributed by atoms with Crippen LogP contribution >= 0.6 is 0 Å². The molecule has 1 aromatic carbocycles. The van der Waals surface area contributed by atoms with Crippen LogP contribution in [0.2, 0.25) is 0 Å². The molecule has 1 saturated heterocycles. The average Bonchev–Trinajstić information content (AvgIpc) is 2.89. The summed E-state index contributed by atoms with van der Waals surface area (Å²) in [6, 6.07) is 4.28. The molecular weight excluding hydrogens is 283 g/mol. The summed E-state index contributed by atoms with van der Waals surface area (Å²) in [5, 5.41) is 0. The van der Waals surface area contributed by atoms with Crippen molar-refractivity contribution in [2.75, 3.05) is 42.2 Å². The number of nitrogens with zero attached hydrogens (tertiary/aromatic N) is 1. The minimum atomic E-state index is -3.51. The molecule has 0 radical (unpaired) electrons. The predicted molar refractivity (Wildman–Crippen MR) is 77.1 cm³/mol. The molecule has 1 N–H and O–H groups in total. The van der Waals surface area contributed by atoms with E-state index in [1.54, 1.807) is 6.07 Å². The zero-order chi connectivity index (χ0) is 14.6. The van der Waals surface area contributed by atoms with E-state index in [1.165, 1.54) is 19.2 Å². The van der Waals surface area contributed by atoms with E-state index < -0.39 is 15.8 Å². The Labute approximate surface area is 118 Å². The fourth-order valence-electron chi connectivity index (χ4n) is 2.21. The van der Waals surface area contributed by atoms with Crippen molar-refractivity contribution in [1.29, 1.82) is 0 Å². The zero-order valence-corrected chi connectivity index (χ0v) is 12.2. The molecule has 0 atom stereocenters. The first-order chi connectivity index (χ1) is 9.50. The van der Waals surface area contributed by atoms with Gasteiger partial charge in [-0.2, -0.15) is 0 Å². The van der Waals surface area contributed by atoms with E-state index in [0.717, 1.165) is 25.9 Å². The number of rotatable bonds is 6. The van der Waals surface area contributed by atoms with Crippen LogP contribution in [0.1, 0.15) is 12.8 Å². The van der Waals surface area contributed by atoms with Crippen molar-refractivity contribution in [3.8, 4) is 0 Å². The van der Waals surface area contributed by atoms with E-state index in [2.05, 4.69) is 9.62 Å². The highest BCUT2D eigenvalue weighted by Crippen LogP contribution is 2.25. The Balaban J connectivity index is 2.15. The summed E-state index contributed by atoms with van der Waals surface area (Å²) in [6.07, 6.45) is 2.15. The molecule has 0 unspecified atom stereocenters. The second kappa shape index (κ2) is 6.41. The van der Waals surface area contributed by atoms with E-state index in [-0.39, 0.29) is 18.0 Å². The van der Waals surface area contributed by atoms with Crippen LogP contribution < -0.4 is 9.62 Å². The van der Waals surface area contributed by atoms with Crippen LogP contribution in [-0.4, -0.2) is 41.0 Å². The maximum Gasteiger partial charge on any atom is 0.235 e. The maximum atomic E-state index is 13.6. The van der Waals surface area contributed by atoms with Crippen LogP contribution in [-0.2, 0) is 14.8 Å². The molecule has 1 fully saturated rings. The number of sulfonamides is 1. The minimum Gasteiger partial charge on any atom is -0.384 e. The first-order valence-electron chi connectivity index (χ1n) is 6.55. The smallest absolute Gasteiger partial charge is 0.235 e. The van der Waals surface area contributed by atoms with Gasteiger partial charge in [0.1, 0.15) is 5.82 Å². The van der Waals surface area contributed by atoms with Crippen molar-refractivity contribution >= 4 is 21.4 Å². The van der Waals surface area contributed by atoms with Gasteiger partial charge < -0.3 is 9.64 Å². The Morgan fingerprint density at radius 1 is 1.30 bits per heavy atom. The lowest BCUT2D eigenvalue weighted by molar-refractivity contribution is 0.217. The van der Waals surface area contributed by atoms with Gasteiger partial charge in [-0.3, -0.25) is 4.72 Å². The van der Waals surface area contributed by atoms with Crippen molar-refractivity contribution in [3.63, 3.8) is 0 Å². The van der Waals surface area contributed by atoms with E-state index in [1.807, 2.05) is 0 Å². The van der Waals surface area contributed by atoms with Crippen LogP contribution in [0.3, 0.4) is 0 Å². The summed E-state index contributed by atoms with van der Waals surface area (Å²) in [7, 11) is -2.08. The minimum absolute atomic E-state index is 0.101. The first-order valence-corrected chi connectivity index (χ1v) is 8.20. The third-order valence-electron chi connectivity index (χ3n) is 3.18. The summed E-state index contributed by atoms with van der Waals surface area (Å²) >= 11 is 0. The SMILES string of the molecule is COCCS(=O)(=O)Nc1cc(F)cc(N2CCCC2)c1. The second-order valence-electron chi connectivity index (χ2n) is 4.81. The predicted octanol–water partition coefficient (Wildman–Crippen LogP) is 1.81. The average molecular weight is 302 g/mol. The number of methoxy groups -OCH3 is 1. The van der Waals surface area contributed by atoms with Gasteiger partial charge in [-0.05, 0) is 31.0 Å². The largest absolute Gasteiger partial charge is 0.384 e. The number of ether oxygens (including phenoxy) is 1. The summed E-state index contributed by atoms with van der Waals surface area (Å²) < 4.78 is 44.3. The molecule has 7 heteroatoms. The quantitative estimate of drug-likeness (QED) is 0.871. The molecule has 5 nitrogen and oxygen atoms in total. The lowest BCUT2D eigenvalue weighted by atomic mass is 10.2. The van der Waals surface area contributed by atoms with Gasteiger partial charge in [0.05, 0.1) is 18.0 Å². The van der Waals surface area contributed by atoms with Crippen molar-refractivity contribution in [1.82, 2.24) is 0 Å². The highest BCUT2D eigenvalue weighted by molar-refractivity contribution is 7.92. The Morgan fingerprint density at radius 2 is 2.00 bits per heavy atom. The third-order valence-corrected chi connectivity index (χ3v) is 4.43. The molecule has 2 rings (SSSR count). The molecule has 0 aliphatic carbocycles. The van der Waals surface area contributed by atoms with Crippen LogP contribution in [0.4, 0.5) is 15.8 Å². The Morgan fingerprint density at radius 3 is 2.65 bits per heavy atom. The summed E-state index contributed by atoms with van der Waals surface area (Å²) in [5.74, 6) is -0.599. The third kappa shape index (κ3) is 4.08. The number of benzene rings is 1. The van der Waals surface area contributed by atoms with Gasteiger partial charge in [0.2, 0.25) is 10.0 Å². The standard InChI is InChI=1S/C13H19FN2O3S/c1-19-6-7-20(17,18)15-12-8-11(14)9-13(10-12)16-4-2-3-5-16/h8-10,15H,2-7H2,1H3. The molecule has 1 aromatic rings. The van der Waals surface area contributed by atoms with Gasteiger partial charge in [-0.1, -0.05) is 0 Å². The van der Waals surface area contributed by atoms with E-state index in [0.29, 0.717) is 5.69 Å². The van der Waals surface area contributed by atoms with Gasteiger partial charge >= 0.3 is 0 Å². The van der Waals surface area contributed by atoms with E-state index in [9.17, 15) is 12.8 Å². The maximum absolute atomic E-state index is 13.6. The lowest BCUT2D eigenvalue weighted by Gasteiger charge is -2.19. The molecule has 1 aliphatic rings. The first kappa shape index (κ1) is 15.1. The Kier molecular flexibility index (Phi) is 4.82. The normalized spacial score (nSPS) is 15.6. The topological polar surface area (TPSA) is 58.6 Å². The van der Waals surface area contributed by atoms with Gasteiger partial charge in [-0.15, -0.1) is 0 Å². The summed E-state index contributed by atoms with van der Waals surface area (Å²) in [5.41, 5.74) is 0.968. The molecule has 1 aliphatic heterocycles. The van der Waals surface area contributed by atoms with Crippen molar-refractivity contribution in [3.05, 3.63) is 24.0 Å². The molecule has 1 heterocycles. The van der Waals surface area contributed by atoms with Crippen LogP contribution in [0.25, 0.3) is 0 Å². The number of hydrogen-bond acceptors (Lipinski definition) is 4. The highest BCUT2D eigenvalue weighted by Gasteiger charge is 2.16. The van der Waals surface area contributed by atoms with Gasteiger partial charge in [0.15, 0.2) is 0 Å². The van der Waals surface area contributed by atoms with Crippen molar-refractivity contribution in [2.45, 2.75) is 12.8 Å². The second-order valence-corrected chi connectivity index (χ2v) is 6.65. The Bertz CT molecular complexity index is 557. The van der Waals surface area contributed by atoms with Crippen LogP contribution in [0.15, 0.2) is 18.2 Å². The molecule has 0 saturated carbocycles. The zero-order valence-electron chi connectivity index (χ0n) is 11.4. The highest BCUT2D eigenvalue weighted by atomic mass is 32.2. The van der Waals surface area contributed by atoms with Gasteiger partial charge in [0.25, 0.3) is 0 Å². The number of halogens is 1. The number of nitrogens with one attached hydrogen (secondary N) is 1. The molecule has 0 spiro atoms. The van der Waals surface area contributed by atoms with Crippen molar-refractivity contribution < 1.29 is 17.5 Å². The number of anilines is 2. The molecular formula is C13H19FN2O3S. The fourth-order valence-corrected chi connectivity index (χ4v) is 3.18. The van der Waals surface area contributed by atoms with Gasteiger partial charge in [0, 0.05) is 25.9 Å². The van der Waals surface area contributed by atoms with Crippen LogP contribution in [0, 0.1) is 5.82 Å². The molecule has 20 heavy (non-hydrogen) atoms. The molecule has 0 bridgehead atoms. The molecule has 112 valence electrons. The number of hydrogen-bond donors (Lipinski definition) is 1. The van der Waals surface area contributed by atoms with Gasteiger partial charge in [-0.25, -0.2) is 12.8 Å². The lowest BCUT2D eigenvalue weighted by Crippen LogP contribution is -2.21. The molecule has 0 aromatic heterocycles. The van der Waals surface area contributed by atoms with E-state index >= 15 is 0 Å². The monoisotopic (exact) mass is 302 g/mol. The van der Waals surface area contributed by atoms with E-state index in [4.69, 9.17) is 4.74 Å².